The van der Waals surface area contributed by atoms with Gasteiger partial charge in [-0.05, 0) is 31.4 Å². The highest BCUT2D eigenvalue weighted by molar-refractivity contribution is 7.04. The molecule has 0 aromatic carbocycles. The molecule has 1 aromatic heterocycles. The van der Waals surface area contributed by atoms with Crippen molar-refractivity contribution in [3.63, 3.8) is 0 Å². The fraction of sp³-hybridized carbons (Fsp3) is 0.700. The first-order valence-corrected chi connectivity index (χ1v) is 5.96. The van der Waals surface area contributed by atoms with Crippen LogP contribution in [0.2, 0.25) is 0 Å². The molecule has 0 unspecified atom stereocenters. The molecule has 5 heteroatoms. The third kappa shape index (κ3) is 1.96. The van der Waals surface area contributed by atoms with E-state index in [1.165, 1.54) is 11.5 Å². The molecule has 0 amide bonds. The van der Waals surface area contributed by atoms with Gasteiger partial charge in [0.15, 0.2) is 0 Å². The van der Waals surface area contributed by atoms with Crippen molar-refractivity contribution in [1.82, 2.24) is 4.37 Å². The predicted molar refractivity (Wildman–Crippen MR) is 62.4 cm³/mol. The molecule has 0 N–H and O–H groups in total. The molecule has 3 nitrogen and oxygen atoms in total. The van der Waals surface area contributed by atoms with Crippen molar-refractivity contribution in [2.24, 2.45) is 5.41 Å². The number of hydrogen-bond donors (Lipinski definition) is 0. The summed E-state index contributed by atoms with van der Waals surface area (Å²) in [6.45, 7) is 9.22. The van der Waals surface area contributed by atoms with Gasteiger partial charge in [-0.15, -0.1) is 0 Å². The van der Waals surface area contributed by atoms with Crippen LogP contribution in [-0.4, -0.2) is 23.7 Å². The molecule has 2 heterocycles. The predicted octanol–water partition coefficient (Wildman–Crippen LogP) is 1.69. The summed E-state index contributed by atoms with van der Waals surface area (Å²) < 4.78 is 15.9. The molecule has 0 aliphatic carbocycles. The van der Waals surface area contributed by atoms with E-state index >= 15 is 0 Å². The average molecular weight is 225 g/mol. The highest BCUT2D eigenvalue weighted by atomic mass is 32.1. The summed E-state index contributed by atoms with van der Waals surface area (Å²) in [5, 5.41) is 1.94. The minimum absolute atomic E-state index is 0.0273. The molecule has 0 atom stereocenters. The molecule has 15 heavy (non-hydrogen) atoms. The molecule has 1 fully saturated rings. The highest BCUT2D eigenvalue weighted by Crippen LogP contribution is 2.37. The van der Waals surface area contributed by atoms with Gasteiger partial charge in [0.1, 0.15) is 0 Å². The summed E-state index contributed by atoms with van der Waals surface area (Å²) >= 11 is 1.42. The Morgan fingerprint density at radius 1 is 1.40 bits per heavy atom. The highest BCUT2D eigenvalue weighted by Gasteiger charge is 2.47. The molecule has 0 radical (unpaired) electrons. The smallest absolute Gasteiger partial charge is 0.406 e. The Kier molecular flexibility index (Phi) is 2.65. The summed E-state index contributed by atoms with van der Waals surface area (Å²) in [6, 6.07) is 1.95. The van der Waals surface area contributed by atoms with E-state index in [9.17, 15) is 0 Å². The van der Waals surface area contributed by atoms with Crippen LogP contribution in [-0.2, 0) is 9.31 Å². The van der Waals surface area contributed by atoms with Gasteiger partial charge in [0.2, 0.25) is 0 Å². The Hall–Kier alpha value is -0.385. The van der Waals surface area contributed by atoms with E-state index in [1.54, 1.807) is 0 Å². The van der Waals surface area contributed by atoms with Crippen LogP contribution >= 0.6 is 11.5 Å². The molecule has 1 aliphatic heterocycles. The monoisotopic (exact) mass is 225 g/mol. The third-order valence-corrected chi connectivity index (χ3v) is 3.90. The van der Waals surface area contributed by atoms with Gasteiger partial charge in [0, 0.05) is 17.4 Å². The lowest BCUT2D eigenvalue weighted by Gasteiger charge is -2.47. The number of nitrogens with zero attached hydrogens (tertiary/aromatic N) is 1. The molecule has 82 valence electrons. The van der Waals surface area contributed by atoms with Gasteiger partial charge in [-0.1, -0.05) is 13.8 Å². The SMILES string of the molecule is CC1(C)COB(c2ccsn2)OC1(C)C. The van der Waals surface area contributed by atoms with Gasteiger partial charge in [0.25, 0.3) is 0 Å². The molecule has 1 aliphatic rings. The molecular formula is C10H16BNO2S. The van der Waals surface area contributed by atoms with Crippen LogP contribution in [0.3, 0.4) is 0 Å². The molecule has 0 saturated carbocycles. The first kappa shape index (κ1) is 11.1. The van der Waals surface area contributed by atoms with E-state index in [2.05, 4.69) is 32.1 Å². The van der Waals surface area contributed by atoms with Crippen LogP contribution in [0.25, 0.3) is 0 Å². The fourth-order valence-corrected chi connectivity index (χ4v) is 1.94. The Morgan fingerprint density at radius 3 is 2.67 bits per heavy atom. The van der Waals surface area contributed by atoms with E-state index in [-0.39, 0.29) is 18.1 Å². The van der Waals surface area contributed by atoms with E-state index in [0.29, 0.717) is 6.61 Å². The zero-order valence-electron chi connectivity index (χ0n) is 9.61. The second-order valence-electron chi connectivity index (χ2n) is 5.08. The summed E-state index contributed by atoms with van der Waals surface area (Å²) in [5.41, 5.74) is 0.711. The van der Waals surface area contributed by atoms with Crippen molar-refractivity contribution >= 4 is 24.2 Å². The number of hydrogen-bond acceptors (Lipinski definition) is 4. The van der Waals surface area contributed by atoms with E-state index in [1.807, 2.05) is 11.4 Å². The number of aromatic nitrogens is 1. The van der Waals surface area contributed by atoms with Crippen LogP contribution < -0.4 is 5.59 Å². The number of rotatable bonds is 1. The summed E-state index contributed by atoms with van der Waals surface area (Å²) in [7, 11) is -0.306. The normalized spacial score (nSPS) is 24.1. The topological polar surface area (TPSA) is 31.4 Å². The van der Waals surface area contributed by atoms with Crippen LogP contribution in [0.4, 0.5) is 0 Å². The standard InChI is InChI=1S/C10H16BNO2S/c1-9(2)7-13-11(14-10(9,3)4)8-5-6-15-12-8/h5-6H,7H2,1-4H3. The first-order chi connectivity index (χ1) is 6.92. The van der Waals surface area contributed by atoms with Crippen molar-refractivity contribution < 1.29 is 9.31 Å². The second kappa shape index (κ2) is 3.58. The van der Waals surface area contributed by atoms with Crippen LogP contribution in [0, 0.1) is 5.41 Å². The van der Waals surface area contributed by atoms with Gasteiger partial charge in [-0.3, -0.25) is 0 Å². The molecule has 0 spiro atoms. The van der Waals surface area contributed by atoms with Crippen LogP contribution in [0.1, 0.15) is 27.7 Å². The largest absolute Gasteiger partial charge is 0.515 e. The van der Waals surface area contributed by atoms with Crippen molar-refractivity contribution in [1.29, 1.82) is 0 Å². The first-order valence-electron chi connectivity index (χ1n) is 5.12. The van der Waals surface area contributed by atoms with E-state index in [4.69, 9.17) is 9.31 Å². The maximum Gasteiger partial charge on any atom is 0.515 e. The lowest BCUT2D eigenvalue weighted by molar-refractivity contribution is -0.0939. The van der Waals surface area contributed by atoms with E-state index < -0.39 is 0 Å². The van der Waals surface area contributed by atoms with E-state index in [0.717, 1.165) is 5.59 Å². The fourth-order valence-electron chi connectivity index (χ4n) is 1.41. The summed E-state index contributed by atoms with van der Waals surface area (Å²) in [5.74, 6) is 0. The van der Waals surface area contributed by atoms with Crippen molar-refractivity contribution in [2.75, 3.05) is 6.61 Å². The molecular weight excluding hydrogens is 209 g/mol. The molecule has 2 rings (SSSR count). The third-order valence-electron chi connectivity index (χ3n) is 3.33. The quantitative estimate of drug-likeness (QED) is 0.681. The maximum absolute atomic E-state index is 5.96. The van der Waals surface area contributed by atoms with Crippen LogP contribution in [0.15, 0.2) is 11.4 Å². The van der Waals surface area contributed by atoms with Crippen molar-refractivity contribution in [3.05, 3.63) is 11.4 Å². The zero-order valence-corrected chi connectivity index (χ0v) is 10.4. The average Bonchev–Trinajstić information content (AvgIpc) is 2.62. The minimum Gasteiger partial charge on any atom is -0.406 e. The van der Waals surface area contributed by atoms with Gasteiger partial charge < -0.3 is 9.31 Å². The van der Waals surface area contributed by atoms with Gasteiger partial charge in [0.05, 0.1) is 11.2 Å². The Balaban J connectivity index is 2.16. The summed E-state index contributed by atoms with van der Waals surface area (Å²) in [6.07, 6.45) is 0. The van der Waals surface area contributed by atoms with Crippen molar-refractivity contribution in [3.8, 4) is 0 Å². The zero-order chi connectivity index (χ0) is 11.1. The second-order valence-corrected chi connectivity index (χ2v) is 5.74. The Morgan fingerprint density at radius 2 is 2.13 bits per heavy atom. The van der Waals surface area contributed by atoms with Crippen molar-refractivity contribution in [2.45, 2.75) is 33.3 Å². The molecule has 1 saturated heterocycles. The van der Waals surface area contributed by atoms with Crippen LogP contribution in [0.5, 0.6) is 0 Å². The molecule has 1 aromatic rings. The maximum atomic E-state index is 5.96. The van der Waals surface area contributed by atoms with Gasteiger partial charge in [-0.2, -0.15) is 0 Å². The minimum atomic E-state index is -0.306. The van der Waals surface area contributed by atoms with Gasteiger partial charge in [-0.25, -0.2) is 4.37 Å². The lowest BCUT2D eigenvalue weighted by atomic mass is 9.71. The molecule has 0 bridgehead atoms. The Bertz CT molecular complexity index is 337. The Labute approximate surface area is 95.1 Å². The summed E-state index contributed by atoms with van der Waals surface area (Å²) in [4.78, 5) is 0. The van der Waals surface area contributed by atoms with Gasteiger partial charge >= 0.3 is 7.12 Å². The lowest BCUT2D eigenvalue weighted by Crippen LogP contribution is -2.58.